The Morgan fingerprint density at radius 3 is 2.39 bits per heavy atom. The monoisotopic (exact) mass is 470 g/mol. The van der Waals surface area contributed by atoms with Crippen molar-refractivity contribution in [2.75, 3.05) is 5.32 Å². The molecule has 0 aromatic heterocycles. The topological polar surface area (TPSA) is 102 Å². The van der Waals surface area contributed by atoms with Gasteiger partial charge in [0, 0.05) is 18.7 Å². The Balaban J connectivity index is 1.66. The van der Waals surface area contributed by atoms with Gasteiger partial charge in [0.05, 0.1) is 10.3 Å². The van der Waals surface area contributed by atoms with Crippen LogP contribution in [-0.4, -0.2) is 20.2 Å². The number of ether oxygens (including phenoxy) is 1. The number of carbonyl (C=O) groups excluding carboxylic acids is 2. The smallest absolute Gasteiger partial charge is 0.264 e. The Morgan fingerprint density at radius 2 is 1.85 bits per heavy atom. The molecule has 2 aromatic carbocycles. The van der Waals surface area contributed by atoms with Gasteiger partial charge in [-0.1, -0.05) is 45.0 Å². The van der Waals surface area contributed by atoms with Crippen molar-refractivity contribution in [1.82, 2.24) is 4.72 Å². The SMILES string of the molecule is C=C[C@@H]1C[C@@]1(C(=O)NS(=O)(=O)c1ccc(COc2cccc(NC(C)=O)c2)cc1)C(C)(C)C. The van der Waals surface area contributed by atoms with Gasteiger partial charge in [-0.2, -0.15) is 0 Å². The number of allylic oxidation sites excluding steroid dienone is 1. The average Bonchev–Trinajstić information content (AvgIpc) is 3.49. The fraction of sp³-hybridized carbons (Fsp3) is 0.360. The van der Waals surface area contributed by atoms with Crippen molar-refractivity contribution in [2.45, 2.75) is 45.6 Å². The molecule has 0 bridgehead atoms. The van der Waals surface area contributed by atoms with Crippen molar-refractivity contribution in [3.8, 4) is 5.75 Å². The van der Waals surface area contributed by atoms with Crippen LogP contribution in [0.5, 0.6) is 5.75 Å². The number of rotatable bonds is 8. The first-order valence-corrected chi connectivity index (χ1v) is 12.2. The van der Waals surface area contributed by atoms with Crippen molar-refractivity contribution >= 4 is 27.5 Å². The molecule has 1 aliphatic carbocycles. The van der Waals surface area contributed by atoms with Crippen LogP contribution in [0.25, 0.3) is 0 Å². The van der Waals surface area contributed by atoms with E-state index < -0.39 is 26.8 Å². The second kappa shape index (κ2) is 9.02. The van der Waals surface area contributed by atoms with Crippen molar-refractivity contribution in [3.63, 3.8) is 0 Å². The number of benzene rings is 2. The Hall–Kier alpha value is -3.13. The molecule has 2 N–H and O–H groups in total. The van der Waals surface area contributed by atoms with Crippen molar-refractivity contribution in [3.05, 3.63) is 66.7 Å². The highest BCUT2D eigenvalue weighted by molar-refractivity contribution is 7.90. The van der Waals surface area contributed by atoms with Crippen molar-refractivity contribution in [1.29, 1.82) is 0 Å². The first-order chi connectivity index (χ1) is 15.4. The molecule has 2 aromatic rings. The molecule has 33 heavy (non-hydrogen) atoms. The van der Waals surface area contributed by atoms with E-state index in [4.69, 9.17) is 4.74 Å². The predicted molar refractivity (Wildman–Crippen MR) is 127 cm³/mol. The lowest BCUT2D eigenvalue weighted by Gasteiger charge is -2.30. The van der Waals surface area contributed by atoms with Crippen LogP contribution in [-0.2, 0) is 26.2 Å². The highest BCUT2D eigenvalue weighted by Gasteiger charge is 2.65. The second-order valence-electron chi connectivity index (χ2n) is 9.34. The number of carbonyl (C=O) groups is 2. The van der Waals surface area contributed by atoms with Crippen molar-refractivity contribution in [2.24, 2.45) is 16.7 Å². The summed E-state index contributed by atoms with van der Waals surface area (Å²) in [6.07, 6.45) is 2.30. The molecule has 1 saturated carbocycles. The van der Waals surface area contributed by atoms with E-state index in [9.17, 15) is 18.0 Å². The number of nitrogens with one attached hydrogen (secondary N) is 2. The average molecular weight is 471 g/mol. The summed E-state index contributed by atoms with van der Waals surface area (Å²) in [5, 5.41) is 2.69. The fourth-order valence-corrected chi connectivity index (χ4v) is 5.15. The van der Waals surface area contributed by atoms with E-state index in [0.717, 1.165) is 5.56 Å². The van der Waals surface area contributed by atoms with Crippen LogP contribution in [0.1, 0.15) is 39.7 Å². The summed E-state index contributed by atoms with van der Waals surface area (Å²) in [4.78, 5) is 24.2. The molecule has 1 fully saturated rings. The van der Waals surface area contributed by atoms with Gasteiger partial charge in [-0.15, -0.1) is 6.58 Å². The lowest BCUT2D eigenvalue weighted by atomic mass is 9.75. The number of hydrogen-bond donors (Lipinski definition) is 2. The van der Waals surface area contributed by atoms with Crippen LogP contribution in [0.15, 0.2) is 66.1 Å². The summed E-state index contributed by atoms with van der Waals surface area (Å²) < 4.78 is 33.7. The van der Waals surface area contributed by atoms with Crippen LogP contribution < -0.4 is 14.8 Å². The fourth-order valence-electron chi connectivity index (χ4n) is 4.11. The number of sulfonamides is 1. The maximum absolute atomic E-state index is 13.0. The summed E-state index contributed by atoms with van der Waals surface area (Å²) in [7, 11) is -4.01. The standard InChI is InChI=1S/C25H30N2O5S/c1-6-19-15-25(19,24(3,4)5)23(29)27-33(30,31)22-12-10-18(11-13-22)16-32-21-9-7-8-20(14-21)26-17(2)28/h6-14,19H,1,15-16H2,2-5H3,(H,26,28)(H,27,29)/t19-,25-/m1/s1. The summed E-state index contributed by atoms with van der Waals surface area (Å²) in [5.74, 6) is -0.146. The quantitative estimate of drug-likeness (QED) is 0.561. The summed E-state index contributed by atoms with van der Waals surface area (Å²) in [6.45, 7) is 11.2. The summed E-state index contributed by atoms with van der Waals surface area (Å²) in [5.41, 5.74) is 0.204. The molecule has 0 heterocycles. The van der Waals surface area contributed by atoms with Gasteiger partial charge in [-0.25, -0.2) is 13.1 Å². The Morgan fingerprint density at radius 1 is 1.18 bits per heavy atom. The summed E-state index contributed by atoms with van der Waals surface area (Å²) in [6, 6.07) is 13.2. The predicted octanol–water partition coefficient (Wildman–Crippen LogP) is 4.27. The van der Waals surface area contributed by atoms with Crippen molar-refractivity contribution < 1.29 is 22.7 Å². The van der Waals surface area contributed by atoms with E-state index in [0.29, 0.717) is 17.9 Å². The van der Waals surface area contributed by atoms with Gasteiger partial charge < -0.3 is 10.1 Å². The maximum Gasteiger partial charge on any atom is 0.264 e. The van der Waals surface area contributed by atoms with Gasteiger partial charge in [-0.3, -0.25) is 9.59 Å². The third-order valence-corrected chi connectivity index (χ3v) is 7.41. The molecule has 0 aliphatic heterocycles. The molecule has 0 unspecified atom stereocenters. The van der Waals surface area contributed by atoms with Crippen LogP contribution in [0.2, 0.25) is 0 Å². The van der Waals surface area contributed by atoms with Crippen LogP contribution in [0, 0.1) is 16.7 Å². The number of anilines is 1. The van der Waals surface area contributed by atoms with Crippen LogP contribution in [0.3, 0.4) is 0 Å². The largest absolute Gasteiger partial charge is 0.489 e. The van der Waals surface area contributed by atoms with E-state index in [1.54, 1.807) is 42.5 Å². The molecule has 3 rings (SSSR count). The van der Waals surface area contributed by atoms with Gasteiger partial charge >= 0.3 is 0 Å². The highest BCUT2D eigenvalue weighted by atomic mass is 32.2. The molecule has 0 saturated heterocycles. The zero-order valence-electron chi connectivity index (χ0n) is 19.3. The van der Waals surface area contributed by atoms with Gasteiger partial charge in [0.25, 0.3) is 10.0 Å². The van der Waals surface area contributed by atoms with Gasteiger partial charge in [0.2, 0.25) is 11.8 Å². The number of amides is 2. The third-order valence-electron chi connectivity index (χ3n) is 6.06. The van der Waals surface area contributed by atoms with E-state index in [1.165, 1.54) is 19.1 Å². The molecule has 2 amide bonds. The molecule has 7 nitrogen and oxygen atoms in total. The lowest BCUT2D eigenvalue weighted by molar-refractivity contribution is -0.128. The van der Waals surface area contributed by atoms with Gasteiger partial charge in [-0.05, 0) is 47.6 Å². The lowest BCUT2D eigenvalue weighted by Crippen LogP contribution is -2.43. The third kappa shape index (κ3) is 5.27. The van der Waals surface area contributed by atoms with Crippen LogP contribution in [0.4, 0.5) is 5.69 Å². The molecular weight excluding hydrogens is 440 g/mol. The molecule has 0 spiro atoms. The molecule has 1 aliphatic rings. The molecule has 176 valence electrons. The number of hydrogen-bond acceptors (Lipinski definition) is 5. The first-order valence-electron chi connectivity index (χ1n) is 10.7. The summed E-state index contributed by atoms with van der Waals surface area (Å²) >= 11 is 0. The molecular formula is C25H30N2O5S. The zero-order chi connectivity index (χ0) is 24.4. The normalized spacial score (nSPS) is 19.9. The van der Waals surface area contributed by atoms with E-state index >= 15 is 0 Å². The minimum Gasteiger partial charge on any atom is -0.489 e. The molecule has 2 atom stereocenters. The Kier molecular flexibility index (Phi) is 6.70. The highest BCUT2D eigenvalue weighted by Crippen LogP contribution is 2.64. The van der Waals surface area contributed by atoms with E-state index in [1.807, 2.05) is 20.8 Å². The Bertz CT molecular complexity index is 1170. The van der Waals surface area contributed by atoms with Gasteiger partial charge in [0.15, 0.2) is 0 Å². The van der Waals surface area contributed by atoms with E-state index in [-0.39, 0.29) is 23.3 Å². The molecule has 0 radical (unpaired) electrons. The first kappa shape index (κ1) is 24.5. The Labute approximate surface area is 195 Å². The van der Waals surface area contributed by atoms with Gasteiger partial charge in [0.1, 0.15) is 12.4 Å². The zero-order valence-corrected chi connectivity index (χ0v) is 20.2. The minimum absolute atomic E-state index is 0.00659. The molecule has 8 heteroatoms. The minimum atomic E-state index is -4.01. The second-order valence-corrected chi connectivity index (χ2v) is 11.0. The maximum atomic E-state index is 13.0. The van der Waals surface area contributed by atoms with E-state index in [2.05, 4.69) is 16.6 Å². The van der Waals surface area contributed by atoms with Crippen LogP contribution >= 0.6 is 0 Å².